The molecule has 1 aromatic rings. The fourth-order valence-corrected chi connectivity index (χ4v) is 2.27. The fraction of sp³-hybridized carbons (Fsp3) is 0.667. The van der Waals surface area contributed by atoms with Crippen molar-refractivity contribution in [2.24, 2.45) is 0 Å². The van der Waals surface area contributed by atoms with E-state index in [0.29, 0.717) is 6.54 Å². The second kappa shape index (κ2) is 4.01. The van der Waals surface area contributed by atoms with Gasteiger partial charge in [0.1, 0.15) is 11.6 Å². The van der Waals surface area contributed by atoms with Crippen LogP contribution >= 0.6 is 0 Å². The molecule has 4 nitrogen and oxygen atoms in total. The summed E-state index contributed by atoms with van der Waals surface area (Å²) in [4.78, 5) is 10.8. The highest BCUT2D eigenvalue weighted by Gasteiger charge is 2.29. The van der Waals surface area contributed by atoms with Crippen molar-refractivity contribution in [3.8, 4) is 0 Å². The van der Waals surface area contributed by atoms with Crippen LogP contribution in [0.25, 0.3) is 0 Å². The van der Waals surface area contributed by atoms with Crippen molar-refractivity contribution < 1.29 is 5.11 Å². The van der Waals surface area contributed by atoms with Crippen LogP contribution in [0.1, 0.15) is 31.3 Å². The molecule has 4 heteroatoms. The van der Waals surface area contributed by atoms with Crippen LogP contribution in [0.5, 0.6) is 0 Å². The number of hydrogen-bond donors (Lipinski definition) is 1. The second-order valence-electron chi connectivity index (χ2n) is 4.94. The lowest BCUT2D eigenvalue weighted by molar-refractivity contribution is 0.0447. The zero-order chi connectivity index (χ0) is 11.8. The Balaban J connectivity index is 2.23. The van der Waals surface area contributed by atoms with Gasteiger partial charge in [-0.3, -0.25) is 0 Å². The molecule has 16 heavy (non-hydrogen) atoms. The smallest absolute Gasteiger partial charge is 0.132 e. The standard InChI is InChI=1S/C12H19N3O/c1-9-7-11(14-10(2)13-9)15-6-4-5-12(3,16)8-15/h7,16H,4-6,8H2,1-3H3/t12-/m1/s1. The van der Waals surface area contributed by atoms with Gasteiger partial charge in [-0.1, -0.05) is 0 Å². The number of piperidine rings is 1. The molecule has 1 fully saturated rings. The molecule has 0 aliphatic carbocycles. The maximum atomic E-state index is 10.1. The van der Waals surface area contributed by atoms with E-state index in [2.05, 4.69) is 14.9 Å². The van der Waals surface area contributed by atoms with Crippen LogP contribution < -0.4 is 4.90 Å². The van der Waals surface area contributed by atoms with Crippen LogP contribution in [0.4, 0.5) is 5.82 Å². The second-order valence-corrected chi connectivity index (χ2v) is 4.94. The first-order valence-corrected chi connectivity index (χ1v) is 5.76. The van der Waals surface area contributed by atoms with E-state index in [-0.39, 0.29) is 0 Å². The van der Waals surface area contributed by atoms with Crippen molar-refractivity contribution in [3.05, 3.63) is 17.6 Å². The number of nitrogens with zero attached hydrogens (tertiary/aromatic N) is 3. The summed E-state index contributed by atoms with van der Waals surface area (Å²) in [7, 11) is 0. The van der Waals surface area contributed by atoms with Gasteiger partial charge in [-0.15, -0.1) is 0 Å². The molecule has 1 aliphatic heterocycles. The predicted molar refractivity (Wildman–Crippen MR) is 63.6 cm³/mol. The van der Waals surface area contributed by atoms with Crippen molar-refractivity contribution in [2.75, 3.05) is 18.0 Å². The molecule has 1 N–H and O–H groups in total. The lowest BCUT2D eigenvalue weighted by atomic mass is 9.95. The van der Waals surface area contributed by atoms with Crippen LogP contribution in [0, 0.1) is 13.8 Å². The number of rotatable bonds is 1. The summed E-state index contributed by atoms with van der Waals surface area (Å²) in [5, 5.41) is 10.1. The number of anilines is 1. The molecule has 0 bridgehead atoms. The van der Waals surface area contributed by atoms with Crippen molar-refractivity contribution >= 4 is 5.82 Å². The Labute approximate surface area is 96.3 Å². The number of aryl methyl sites for hydroxylation is 2. The fourth-order valence-electron chi connectivity index (χ4n) is 2.27. The van der Waals surface area contributed by atoms with Gasteiger partial charge in [0, 0.05) is 24.8 Å². The molecule has 1 saturated heterocycles. The Bertz CT molecular complexity index is 370. The molecule has 0 amide bonds. The van der Waals surface area contributed by atoms with Crippen LogP contribution in [-0.4, -0.2) is 33.8 Å². The average Bonchev–Trinajstić information content (AvgIpc) is 2.14. The van der Waals surface area contributed by atoms with Gasteiger partial charge >= 0.3 is 0 Å². The number of β-amino-alcohol motifs (C(OH)–C–C–N with tert-alkyl or cyclic N) is 1. The minimum absolute atomic E-state index is 0.592. The number of aromatic nitrogens is 2. The van der Waals surface area contributed by atoms with Gasteiger partial charge in [-0.05, 0) is 33.6 Å². The highest BCUT2D eigenvalue weighted by molar-refractivity contribution is 5.40. The van der Waals surface area contributed by atoms with E-state index in [1.165, 1.54) is 0 Å². The van der Waals surface area contributed by atoms with Crippen molar-refractivity contribution in [3.63, 3.8) is 0 Å². The van der Waals surface area contributed by atoms with Crippen LogP contribution in [-0.2, 0) is 0 Å². The Morgan fingerprint density at radius 3 is 2.75 bits per heavy atom. The summed E-state index contributed by atoms with van der Waals surface area (Å²) in [5.74, 6) is 1.73. The summed E-state index contributed by atoms with van der Waals surface area (Å²) in [6, 6.07) is 1.98. The Morgan fingerprint density at radius 2 is 2.12 bits per heavy atom. The van der Waals surface area contributed by atoms with Gasteiger partial charge < -0.3 is 10.0 Å². The van der Waals surface area contributed by atoms with E-state index < -0.39 is 5.60 Å². The molecule has 1 aliphatic rings. The minimum Gasteiger partial charge on any atom is -0.388 e. The molecular formula is C12H19N3O. The molecule has 2 heterocycles. The molecule has 0 radical (unpaired) electrons. The zero-order valence-corrected chi connectivity index (χ0v) is 10.2. The summed E-state index contributed by atoms with van der Waals surface area (Å²) in [6.45, 7) is 7.38. The molecule has 0 aromatic carbocycles. The van der Waals surface area contributed by atoms with Crippen LogP contribution in [0.15, 0.2) is 6.07 Å². The normalized spacial score (nSPS) is 25.9. The van der Waals surface area contributed by atoms with Crippen molar-refractivity contribution in [2.45, 2.75) is 39.2 Å². The quantitative estimate of drug-likeness (QED) is 0.779. The molecule has 1 atom stereocenters. The lowest BCUT2D eigenvalue weighted by Gasteiger charge is -2.37. The summed E-state index contributed by atoms with van der Waals surface area (Å²) in [6.07, 6.45) is 1.88. The molecule has 1 aromatic heterocycles. The third kappa shape index (κ3) is 2.50. The number of aliphatic hydroxyl groups is 1. The molecule has 0 spiro atoms. The first-order valence-electron chi connectivity index (χ1n) is 5.76. The SMILES string of the molecule is Cc1cc(N2CCC[C@@](C)(O)C2)nc(C)n1. The van der Waals surface area contributed by atoms with Gasteiger partial charge in [0.2, 0.25) is 0 Å². The van der Waals surface area contributed by atoms with Gasteiger partial charge in [0.05, 0.1) is 5.60 Å². The van der Waals surface area contributed by atoms with Gasteiger partial charge in [0.25, 0.3) is 0 Å². The van der Waals surface area contributed by atoms with Crippen LogP contribution in [0.3, 0.4) is 0 Å². The van der Waals surface area contributed by atoms with Gasteiger partial charge in [0.15, 0.2) is 0 Å². The first kappa shape index (κ1) is 11.3. The van der Waals surface area contributed by atoms with Gasteiger partial charge in [-0.2, -0.15) is 0 Å². The maximum absolute atomic E-state index is 10.1. The van der Waals surface area contributed by atoms with Crippen molar-refractivity contribution in [1.82, 2.24) is 9.97 Å². The van der Waals surface area contributed by atoms with E-state index >= 15 is 0 Å². The van der Waals surface area contributed by atoms with E-state index in [9.17, 15) is 5.11 Å². The average molecular weight is 221 g/mol. The molecule has 0 unspecified atom stereocenters. The molecule has 2 rings (SSSR count). The predicted octanol–water partition coefficient (Wildman–Crippen LogP) is 1.44. The van der Waals surface area contributed by atoms with Crippen molar-refractivity contribution in [1.29, 1.82) is 0 Å². The highest BCUT2D eigenvalue weighted by Crippen LogP contribution is 2.24. The van der Waals surface area contributed by atoms with E-state index in [4.69, 9.17) is 0 Å². The summed E-state index contributed by atoms with van der Waals surface area (Å²) >= 11 is 0. The third-order valence-corrected chi connectivity index (χ3v) is 2.95. The minimum atomic E-state index is -0.592. The first-order chi connectivity index (χ1) is 7.46. The van der Waals surface area contributed by atoms with E-state index in [1.807, 2.05) is 26.8 Å². The maximum Gasteiger partial charge on any atom is 0.132 e. The zero-order valence-electron chi connectivity index (χ0n) is 10.2. The Kier molecular flexibility index (Phi) is 2.84. The van der Waals surface area contributed by atoms with Crippen LogP contribution in [0.2, 0.25) is 0 Å². The molecule has 0 saturated carbocycles. The molecular weight excluding hydrogens is 202 g/mol. The van der Waals surface area contributed by atoms with E-state index in [0.717, 1.165) is 36.7 Å². The third-order valence-electron chi connectivity index (χ3n) is 2.95. The summed E-state index contributed by atoms with van der Waals surface area (Å²) in [5.41, 5.74) is 0.387. The summed E-state index contributed by atoms with van der Waals surface area (Å²) < 4.78 is 0. The lowest BCUT2D eigenvalue weighted by Crippen LogP contribution is -2.46. The monoisotopic (exact) mass is 221 g/mol. The Morgan fingerprint density at radius 1 is 1.38 bits per heavy atom. The van der Waals surface area contributed by atoms with Gasteiger partial charge in [-0.25, -0.2) is 9.97 Å². The largest absolute Gasteiger partial charge is 0.388 e. The molecule has 88 valence electrons. The van der Waals surface area contributed by atoms with E-state index in [1.54, 1.807) is 0 Å². The topological polar surface area (TPSA) is 49.2 Å². The highest BCUT2D eigenvalue weighted by atomic mass is 16.3. The number of hydrogen-bond acceptors (Lipinski definition) is 4. The Hall–Kier alpha value is -1.16.